The summed E-state index contributed by atoms with van der Waals surface area (Å²) in [6, 6.07) is 12.7. The third-order valence-electron chi connectivity index (χ3n) is 5.07. The van der Waals surface area contributed by atoms with E-state index in [0.717, 1.165) is 16.3 Å². The largest absolute Gasteiger partial charge is 0.467 e. The van der Waals surface area contributed by atoms with Crippen molar-refractivity contribution < 1.29 is 18.7 Å². The van der Waals surface area contributed by atoms with Crippen LogP contribution in [0.5, 0.6) is 0 Å². The average Bonchev–Trinajstić information content (AvgIpc) is 3.55. The minimum Gasteiger partial charge on any atom is -0.467 e. The summed E-state index contributed by atoms with van der Waals surface area (Å²) in [5, 5.41) is 7.81. The lowest BCUT2D eigenvalue weighted by molar-refractivity contribution is -0.136. The number of amides is 1. The summed E-state index contributed by atoms with van der Waals surface area (Å²) in [7, 11) is 0. The van der Waals surface area contributed by atoms with Crippen LogP contribution in [-0.2, 0) is 9.53 Å². The highest BCUT2D eigenvalue weighted by molar-refractivity contribution is 7.12. The Bertz CT molecular complexity index is 1270. The highest BCUT2D eigenvalue weighted by Crippen LogP contribution is 2.34. The molecular weight excluding hydrogens is 416 g/mol. The Morgan fingerprint density at radius 1 is 1.23 bits per heavy atom. The molecule has 0 aromatic carbocycles. The summed E-state index contributed by atoms with van der Waals surface area (Å²) in [5.74, 6) is -0.459. The second kappa shape index (κ2) is 7.84. The van der Waals surface area contributed by atoms with Gasteiger partial charge < -0.3 is 13.6 Å². The van der Waals surface area contributed by atoms with Crippen LogP contribution in [0.1, 0.15) is 39.3 Å². The number of hydrogen-bond acceptors (Lipinski definition) is 7. The lowest BCUT2D eigenvalue weighted by Crippen LogP contribution is -2.31. The molecule has 31 heavy (non-hydrogen) atoms. The van der Waals surface area contributed by atoms with Gasteiger partial charge in [-0.05, 0) is 42.6 Å². The van der Waals surface area contributed by atoms with Crippen molar-refractivity contribution >= 4 is 34.6 Å². The van der Waals surface area contributed by atoms with Gasteiger partial charge in [-0.25, -0.2) is 14.8 Å². The molecule has 5 rings (SSSR count). The fourth-order valence-electron chi connectivity index (χ4n) is 3.55. The minimum atomic E-state index is -0.660. The summed E-state index contributed by atoms with van der Waals surface area (Å²) in [4.78, 5) is 30.7. The molecule has 1 atom stereocenters. The number of ether oxygens (including phenoxy) is 1. The number of hydrogen-bond donors (Lipinski definition) is 0. The molecule has 9 heteroatoms. The highest BCUT2D eigenvalue weighted by atomic mass is 32.1. The maximum atomic E-state index is 12.9. The first-order valence-electron chi connectivity index (χ1n) is 9.69. The third kappa shape index (κ3) is 3.64. The maximum Gasteiger partial charge on any atom is 0.359 e. The van der Waals surface area contributed by atoms with Crippen LogP contribution in [0.4, 0.5) is 0 Å². The zero-order chi connectivity index (χ0) is 21.4. The lowest BCUT2D eigenvalue weighted by atomic mass is 10.1. The summed E-state index contributed by atoms with van der Waals surface area (Å²) in [6.45, 7) is 1.47. The van der Waals surface area contributed by atoms with Crippen LogP contribution in [0, 0.1) is 6.92 Å². The van der Waals surface area contributed by atoms with Crippen molar-refractivity contribution in [3.8, 4) is 0 Å². The Labute approximate surface area is 181 Å². The van der Waals surface area contributed by atoms with Gasteiger partial charge in [0.05, 0.1) is 16.9 Å². The Morgan fingerprint density at radius 3 is 2.87 bits per heavy atom. The fourth-order valence-corrected chi connectivity index (χ4v) is 4.27. The van der Waals surface area contributed by atoms with E-state index in [9.17, 15) is 9.59 Å². The predicted octanol–water partition coefficient (Wildman–Crippen LogP) is 3.83. The van der Waals surface area contributed by atoms with Crippen molar-refractivity contribution in [1.29, 1.82) is 0 Å². The van der Waals surface area contributed by atoms with Gasteiger partial charge in [-0.3, -0.25) is 4.79 Å². The topological polar surface area (TPSA) is 89.4 Å². The quantitative estimate of drug-likeness (QED) is 0.445. The van der Waals surface area contributed by atoms with Crippen molar-refractivity contribution in [3.63, 3.8) is 0 Å². The summed E-state index contributed by atoms with van der Waals surface area (Å²) >= 11 is 1.56. The molecule has 8 nitrogen and oxygen atoms in total. The first kappa shape index (κ1) is 19.3. The molecule has 0 saturated carbocycles. The van der Waals surface area contributed by atoms with Crippen LogP contribution in [0.25, 0.3) is 5.65 Å². The van der Waals surface area contributed by atoms with E-state index in [1.807, 2.05) is 42.6 Å². The van der Waals surface area contributed by atoms with Crippen molar-refractivity contribution in [2.45, 2.75) is 19.4 Å². The Hall–Kier alpha value is -3.72. The molecule has 0 N–H and O–H groups in total. The molecule has 0 aliphatic carbocycles. The van der Waals surface area contributed by atoms with E-state index in [4.69, 9.17) is 9.15 Å². The van der Waals surface area contributed by atoms with E-state index >= 15 is 0 Å². The molecular formula is C22H18N4O4S. The van der Waals surface area contributed by atoms with Gasteiger partial charge in [0.1, 0.15) is 17.4 Å². The monoisotopic (exact) mass is 434 g/mol. The number of furan rings is 1. The molecule has 1 unspecified atom stereocenters. The zero-order valence-corrected chi connectivity index (χ0v) is 17.4. The van der Waals surface area contributed by atoms with Gasteiger partial charge in [-0.2, -0.15) is 5.10 Å². The van der Waals surface area contributed by atoms with Crippen molar-refractivity contribution in [2.75, 3.05) is 6.61 Å². The van der Waals surface area contributed by atoms with Crippen LogP contribution in [0.3, 0.4) is 0 Å². The molecule has 156 valence electrons. The van der Waals surface area contributed by atoms with Gasteiger partial charge in [-0.1, -0.05) is 12.1 Å². The van der Waals surface area contributed by atoms with Crippen molar-refractivity contribution in [1.82, 2.24) is 14.4 Å². The smallest absolute Gasteiger partial charge is 0.359 e. The maximum absolute atomic E-state index is 12.9. The third-order valence-corrected chi connectivity index (χ3v) is 5.99. The van der Waals surface area contributed by atoms with Crippen molar-refractivity contribution in [3.05, 3.63) is 82.3 Å². The van der Waals surface area contributed by atoms with Crippen LogP contribution >= 0.6 is 11.3 Å². The number of carbonyl (C=O) groups excluding carboxylic acids is 2. The zero-order valence-electron chi connectivity index (χ0n) is 16.6. The number of esters is 1. The van der Waals surface area contributed by atoms with E-state index in [1.165, 1.54) is 5.01 Å². The number of nitrogens with zero attached hydrogens (tertiary/aromatic N) is 4. The lowest BCUT2D eigenvalue weighted by Gasteiger charge is -2.19. The Balaban J connectivity index is 1.32. The first-order valence-corrected chi connectivity index (χ1v) is 10.6. The number of fused-ring (bicyclic) bond motifs is 1. The average molecular weight is 434 g/mol. The minimum absolute atomic E-state index is 0.147. The highest BCUT2D eigenvalue weighted by Gasteiger charge is 2.35. The van der Waals surface area contributed by atoms with Crippen LogP contribution in [0.15, 0.2) is 69.8 Å². The molecule has 0 bridgehead atoms. The van der Waals surface area contributed by atoms with Gasteiger partial charge in [0.25, 0.3) is 5.91 Å². The van der Waals surface area contributed by atoms with E-state index in [1.54, 1.807) is 40.3 Å². The second-order valence-electron chi connectivity index (χ2n) is 7.10. The van der Waals surface area contributed by atoms with E-state index in [2.05, 4.69) is 10.1 Å². The number of hydrazone groups is 1. The van der Waals surface area contributed by atoms with E-state index in [0.29, 0.717) is 17.8 Å². The van der Waals surface area contributed by atoms with Crippen LogP contribution in [-0.4, -0.2) is 38.6 Å². The van der Waals surface area contributed by atoms with E-state index < -0.39 is 18.5 Å². The number of pyridine rings is 1. The molecule has 1 aliphatic heterocycles. The summed E-state index contributed by atoms with van der Waals surface area (Å²) in [6.07, 6.45) is 3.69. The van der Waals surface area contributed by atoms with Gasteiger partial charge >= 0.3 is 5.97 Å². The standard InChI is InChI=1S/C22H18N4O4S/c1-14-5-2-8-20-23-16(12-25(14)20)22(28)30-13-21(27)26-17(18-6-3-9-29-18)11-15(24-26)19-7-4-10-31-19/h2-10,12,17H,11,13H2,1H3. The molecule has 0 radical (unpaired) electrons. The van der Waals surface area contributed by atoms with Gasteiger partial charge in [0, 0.05) is 18.3 Å². The molecule has 1 aliphatic rings. The molecule has 4 aromatic rings. The van der Waals surface area contributed by atoms with Crippen LogP contribution in [0.2, 0.25) is 0 Å². The number of imidazole rings is 1. The van der Waals surface area contributed by atoms with Gasteiger partial charge in [0.2, 0.25) is 0 Å². The number of thiophene rings is 1. The number of aromatic nitrogens is 2. The number of aryl methyl sites for hydroxylation is 1. The molecule has 5 heterocycles. The predicted molar refractivity (Wildman–Crippen MR) is 114 cm³/mol. The molecule has 4 aromatic heterocycles. The van der Waals surface area contributed by atoms with Gasteiger partial charge in [0.15, 0.2) is 12.3 Å². The van der Waals surface area contributed by atoms with Crippen LogP contribution < -0.4 is 0 Å². The second-order valence-corrected chi connectivity index (χ2v) is 8.04. The summed E-state index contributed by atoms with van der Waals surface area (Å²) < 4.78 is 12.6. The Morgan fingerprint density at radius 2 is 2.13 bits per heavy atom. The summed E-state index contributed by atoms with van der Waals surface area (Å²) in [5.41, 5.74) is 2.52. The fraction of sp³-hybridized carbons (Fsp3) is 0.182. The van der Waals surface area contributed by atoms with Gasteiger partial charge in [-0.15, -0.1) is 11.3 Å². The SMILES string of the molecule is Cc1cccc2nc(C(=O)OCC(=O)N3N=C(c4cccs4)CC3c3ccco3)cn12. The molecule has 0 spiro atoms. The first-order chi connectivity index (χ1) is 15.1. The number of rotatable bonds is 5. The molecule has 1 amide bonds. The normalized spacial score (nSPS) is 16.0. The van der Waals surface area contributed by atoms with E-state index in [-0.39, 0.29) is 11.7 Å². The number of carbonyl (C=O) groups is 2. The Kier molecular flexibility index (Phi) is 4.87. The van der Waals surface area contributed by atoms with Crippen molar-refractivity contribution in [2.24, 2.45) is 5.10 Å². The molecule has 0 fully saturated rings. The molecule has 0 saturated heterocycles.